The first-order valence-electron chi connectivity index (χ1n) is 13.5. The highest BCUT2D eigenvalue weighted by atomic mass is 16.5. The van der Waals surface area contributed by atoms with Crippen LogP contribution in [-0.4, -0.2) is 36.4 Å². The van der Waals surface area contributed by atoms with Crippen LogP contribution in [0.2, 0.25) is 0 Å². The summed E-state index contributed by atoms with van der Waals surface area (Å²) in [5.41, 5.74) is 1.42. The van der Waals surface area contributed by atoms with Crippen LogP contribution in [0.15, 0.2) is 78.5 Å². The number of rotatable bonds is 9. The first-order valence-corrected chi connectivity index (χ1v) is 13.5. The van der Waals surface area contributed by atoms with Crippen molar-refractivity contribution < 1.29 is 23.9 Å². The molecule has 0 saturated carbocycles. The van der Waals surface area contributed by atoms with E-state index in [2.05, 4.69) is 5.32 Å². The molecule has 7 heteroatoms. The zero-order valence-corrected chi connectivity index (χ0v) is 22.4. The number of likely N-dealkylation sites (tertiary alicyclic amines) is 1. The predicted molar refractivity (Wildman–Crippen MR) is 148 cm³/mol. The lowest BCUT2D eigenvalue weighted by Crippen LogP contribution is -2.43. The Labute approximate surface area is 228 Å². The molecule has 202 valence electrons. The van der Waals surface area contributed by atoms with Crippen LogP contribution in [0.1, 0.15) is 43.7 Å². The first kappa shape index (κ1) is 26.5. The molecule has 1 N–H and O–H groups in total. The number of ether oxygens (including phenoxy) is 2. The maximum atomic E-state index is 14.0. The van der Waals surface area contributed by atoms with E-state index in [1.165, 1.54) is 0 Å². The Morgan fingerprint density at radius 2 is 1.82 bits per heavy atom. The number of nitrogens with one attached hydrogen (secondary N) is 1. The summed E-state index contributed by atoms with van der Waals surface area (Å²) in [6.07, 6.45) is 3.89. The fourth-order valence-corrected chi connectivity index (χ4v) is 6.00. The molecule has 0 unspecified atom stereocenters. The fourth-order valence-electron chi connectivity index (χ4n) is 6.00. The van der Waals surface area contributed by atoms with Crippen LogP contribution >= 0.6 is 0 Å². The van der Waals surface area contributed by atoms with Gasteiger partial charge in [-0.1, -0.05) is 60.7 Å². The van der Waals surface area contributed by atoms with E-state index in [9.17, 15) is 14.4 Å². The number of carbonyl (C=O) groups is 3. The molecular formula is C32H34N2O5. The van der Waals surface area contributed by atoms with E-state index in [0.29, 0.717) is 25.2 Å². The molecule has 1 fully saturated rings. The van der Waals surface area contributed by atoms with Crippen LogP contribution in [-0.2, 0) is 32.2 Å². The van der Waals surface area contributed by atoms with Gasteiger partial charge in [0.25, 0.3) is 0 Å². The van der Waals surface area contributed by atoms with Crippen molar-refractivity contribution in [1.29, 1.82) is 0 Å². The third kappa shape index (κ3) is 5.01. The maximum Gasteiger partial charge on any atom is 0.318 e. The first-order chi connectivity index (χ1) is 19.0. The average molecular weight is 527 g/mol. The molecule has 3 aromatic rings. The second-order valence-electron chi connectivity index (χ2n) is 10.1. The minimum Gasteiger partial charge on any atom is -0.497 e. The second-order valence-corrected chi connectivity index (χ2v) is 10.1. The number of amides is 2. The Bertz CT molecular complexity index is 1410. The van der Waals surface area contributed by atoms with E-state index in [4.69, 9.17) is 9.47 Å². The minimum atomic E-state index is -1.16. The van der Waals surface area contributed by atoms with Crippen molar-refractivity contribution in [2.75, 3.05) is 13.7 Å². The molecule has 7 nitrogen and oxygen atoms in total. The number of nitrogens with zero attached hydrogens (tertiary/aromatic N) is 1. The van der Waals surface area contributed by atoms with Gasteiger partial charge in [-0.05, 0) is 60.2 Å². The average Bonchev–Trinajstić information content (AvgIpc) is 3.20. The zero-order chi connectivity index (χ0) is 27.4. The van der Waals surface area contributed by atoms with E-state index in [0.717, 1.165) is 40.5 Å². The van der Waals surface area contributed by atoms with Crippen molar-refractivity contribution >= 4 is 28.6 Å². The van der Waals surface area contributed by atoms with Gasteiger partial charge in [0.1, 0.15) is 11.2 Å². The van der Waals surface area contributed by atoms with Crippen molar-refractivity contribution in [3.05, 3.63) is 89.6 Å². The van der Waals surface area contributed by atoms with Crippen molar-refractivity contribution in [3.63, 3.8) is 0 Å². The largest absolute Gasteiger partial charge is 0.497 e. The number of hydrogen-bond donors (Lipinski definition) is 1. The Kier molecular flexibility index (Phi) is 7.68. The number of hydrogen-bond acceptors (Lipinski definition) is 5. The highest BCUT2D eigenvalue weighted by Crippen LogP contribution is 2.54. The van der Waals surface area contributed by atoms with Gasteiger partial charge in [0, 0.05) is 18.7 Å². The van der Waals surface area contributed by atoms with Crippen LogP contribution in [0.5, 0.6) is 5.75 Å². The third-order valence-electron chi connectivity index (χ3n) is 7.90. The molecule has 1 saturated heterocycles. The number of allylic oxidation sites excluding steroid dienone is 1. The summed E-state index contributed by atoms with van der Waals surface area (Å²) in [7, 11) is 1.61. The number of esters is 1. The number of methoxy groups -OCH3 is 1. The smallest absolute Gasteiger partial charge is 0.318 e. The summed E-state index contributed by atoms with van der Waals surface area (Å²) in [6, 6.07) is 21.5. The van der Waals surface area contributed by atoms with E-state index in [-0.39, 0.29) is 24.8 Å². The summed E-state index contributed by atoms with van der Waals surface area (Å²) < 4.78 is 10.8. The minimum absolute atomic E-state index is 0.0845. The summed E-state index contributed by atoms with van der Waals surface area (Å²) >= 11 is 0. The van der Waals surface area contributed by atoms with Crippen molar-refractivity contribution in [1.82, 2.24) is 10.2 Å². The molecule has 39 heavy (non-hydrogen) atoms. The Balaban J connectivity index is 1.41. The van der Waals surface area contributed by atoms with Gasteiger partial charge in [0.15, 0.2) is 0 Å². The van der Waals surface area contributed by atoms with Gasteiger partial charge >= 0.3 is 5.97 Å². The molecule has 1 aliphatic heterocycles. The van der Waals surface area contributed by atoms with E-state index < -0.39 is 17.3 Å². The molecular weight excluding hydrogens is 492 g/mol. The highest BCUT2D eigenvalue weighted by molar-refractivity contribution is 5.99. The molecule has 2 atom stereocenters. The molecule has 5 rings (SSSR count). The Morgan fingerprint density at radius 1 is 1.05 bits per heavy atom. The number of benzene rings is 3. The molecule has 3 aromatic carbocycles. The zero-order valence-electron chi connectivity index (χ0n) is 22.4. The third-order valence-corrected chi connectivity index (χ3v) is 7.90. The summed E-state index contributed by atoms with van der Waals surface area (Å²) in [5, 5.41) is 5.18. The van der Waals surface area contributed by atoms with Crippen LogP contribution in [0.25, 0.3) is 10.8 Å². The van der Waals surface area contributed by atoms with Gasteiger partial charge in [-0.25, -0.2) is 0 Å². The molecule has 0 radical (unpaired) electrons. The lowest BCUT2D eigenvalue weighted by atomic mass is 9.68. The molecule has 0 aromatic heterocycles. The molecule has 1 aliphatic carbocycles. The van der Waals surface area contributed by atoms with Gasteiger partial charge in [0.05, 0.1) is 26.2 Å². The Morgan fingerprint density at radius 3 is 2.59 bits per heavy atom. The van der Waals surface area contributed by atoms with Gasteiger partial charge in [-0.2, -0.15) is 0 Å². The topological polar surface area (TPSA) is 84.9 Å². The van der Waals surface area contributed by atoms with E-state index >= 15 is 0 Å². The van der Waals surface area contributed by atoms with Crippen LogP contribution in [0, 0.1) is 11.3 Å². The van der Waals surface area contributed by atoms with Gasteiger partial charge < -0.3 is 19.7 Å². The summed E-state index contributed by atoms with van der Waals surface area (Å²) in [6.45, 7) is 2.62. The summed E-state index contributed by atoms with van der Waals surface area (Å²) in [4.78, 5) is 42.5. The summed E-state index contributed by atoms with van der Waals surface area (Å²) in [5.74, 6) is -0.999. The molecule has 2 aliphatic rings. The van der Waals surface area contributed by atoms with Crippen molar-refractivity contribution in [2.24, 2.45) is 11.3 Å². The SMILES string of the molecule is CCOC(=O)[C@]12CCCC=C1N(Cc1ccc(OC)cc1)C(=O)[C@@H]2CC(=O)NCc1cccc2ccccc12. The standard InChI is InChI=1S/C32H34N2O5/c1-3-39-31(37)32-18-7-6-13-28(32)34(21-22-14-16-25(38-2)17-15-22)30(36)27(32)19-29(35)33-20-24-11-8-10-23-9-4-5-12-26(23)24/h4-5,8-17,27H,3,6-7,18-21H2,1-2H3,(H,33,35)/t27-,32-/m0/s1. The van der Waals surface area contributed by atoms with Gasteiger partial charge in [-0.3, -0.25) is 14.4 Å². The van der Waals surface area contributed by atoms with Gasteiger partial charge in [-0.15, -0.1) is 0 Å². The molecule has 1 heterocycles. The normalized spacial score (nSPS) is 20.4. The second kappa shape index (κ2) is 11.3. The fraction of sp³-hybridized carbons (Fsp3) is 0.344. The lowest BCUT2D eigenvalue weighted by molar-refractivity contribution is -0.158. The molecule has 2 amide bonds. The molecule has 0 bridgehead atoms. The predicted octanol–water partition coefficient (Wildman–Crippen LogP) is 5.13. The van der Waals surface area contributed by atoms with Gasteiger partial charge in [0.2, 0.25) is 11.8 Å². The highest BCUT2D eigenvalue weighted by Gasteiger charge is 2.62. The van der Waals surface area contributed by atoms with Crippen LogP contribution < -0.4 is 10.1 Å². The van der Waals surface area contributed by atoms with E-state index in [1.54, 1.807) is 18.9 Å². The number of carbonyl (C=O) groups excluding carboxylic acids is 3. The molecule has 0 spiro atoms. The van der Waals surface area contributed by atoms with E-state index in [1.807, 2.05) is 72.8 Å². The van der Waals surface area contributed by atoms with Crippen molar-refractivity contribution in [2.45, 2.75) is 45.7 Å². The van der Waals surface area contributed by atoms with Crippen LogP contribution in [0.3, 0.4) is 0 Å². The maximum absolute atomic E-state index is 14.0. The van der Waals surface area contributed by atoms with Crippen molar-refractivity contribution in [3.8, 4) is 5.75 Å². The van der Waals surface area contributed by atoms with Crippen LogP contribution in [0.4, 0.5) is 0 Å². The Hall–Kier alpha value is -4.13. The monoisotopic (exact) mass is 526 g/mol. The quantitative estimate of drug-likeness (QED) is 0.391. The number of fused-ring (bicyclic) bond motifs is 2. The lowest BCUT2D eigenvalue weighted by Gasteiger charge is -2.35.